The molecular weight excluding hydrogens is 937 g/mol. The van der Waals surface area contributed by atoms with Gasteiger partial charge >= 0.3 is 11.9 Å². The van der Waals surface area contributed by atoms with Gasteiger partial charge in [-0.2, -0.15) is 0 Å². The maximum atomic E-state index is 13.3. The molecule has 2 aliphatic heterocycles. The van der Waals surface area contributed by atoms with Crippen LogP contribution in [0.2, 0.25) is 0 Å². The molecule has 2 aromatic rings. The second-order valence-corrected chi connectivity index (χ2v) is 23.6. The highest BCUT2D eigenvalue weighted by Crippen LogP contribution is 2.51. The number of nitrogens with zero attached hydrogens (tertiary/aromatic N) is 2. The summed E-state index contributed by atoms with van der Waals surface area (Å²) < 4.78 is 17.0. The molecule has 0 saturated heterocycles. The molecule has 4 unspecified atom stereocenters. The molecule has 0 bridgehead atoms. The van der Waals surface area contributed by atoms with Crippen LogP contribution >= 0.6 is 11.3 Å². The molecule has 8 N–H and O–H groups in total. The molecule has 0 amide bonds. The number of ether oxygens (including phenoxy) is 2. The van der Waals surface area contributed by atoms with E-state index in [1.54, 1.807) is 47.6 Å². The van der Waals surface area contributed by atoms with Crippen molar-refractivity contribution in [3.63, 3.8) is 0 Å². The summed E-state index contributed by atoms with van der Waals surface area (Å²) in [6, 6.07) is 0. The molecule has 14 atom stereocenters. The molecule has 4 heterocycles. The summed E-state index contributed by atoms with van der Waals surface area (Å²) in [5.74, 6) is -0.887. The van der Waals surface area contributed by atoms with Crippen LogP contribution in [0.3, 0.4) is 0 Å². The molecule has 400 valence electrons. The third-order valence-corrected chi connectivity index (χ3v) is 17.1. The Morgan fingerprint density at radius 3 is 1.50 bits per heavy atom. The number of carbonyl (C=O) groups is 4. The third-order valence-electron chi connectivity index (χ3n) is 16.2. The molecular formula is C56H84N4O11S. The van der Waals surface area contributed by atoms with Crippen molar-refractivity contribution in [3.05, 3.63) is 68.4 Å². The zero-order valence-electron chi connectivity index (χ0n) is 44.7. The van der Waals surface area contributed by atoms with Gasteiger partial charge in [0, 0.05) is 36.6 Å². The number of oxazole rings is 1. The van der Waals surface area contributed by atoms with Crippen LogP contribution in [0.5, 0.6) is 0 Å². The van der Waals surface area contributed by atoms with E-state index in [2.05, 4.69) is 36.0 Å². The van der Waals surface area contributed by atoms with E-state index in [0.717, 1.165) is 47.5 Å². The fourth-order valence-electron chi connectivity index (χ4n) is 10.7. The van der Waals surface area contributed by atoms with E-state index >= 15 is 0 Å². The molecule has 2 aromatic heterocycles. The van der Waals surface area contributed by atoms with Crippen LogP contribution < -0.4 is 11.5 Å². The molecule has 4 aliphatic rings. The van der Waals surface area contributed by atoms with Gasteiger partial charge in [0.15, 0.2) is 0 Å². The van der Waals surface area contributed by atoms with E-state index in [4.69, 9.17) is 25.4 Å². The Kier molecular flexibility index (Phi) is 20.3. The predicted molar refractivity (Wildman–Crippen MR) is 278 cm³/mol. The third kappa shape index (κ3) is 15.0. The molecule has 15 nitrogen and oxygen atoms in total. The summed E-state index contributed by atoms with van der Waals surface area (Å²) in [4.78, 5) is 61.2. The normalized spacial score (nSPS) is 36.0. The second-order valence-electron chi connectivity index (χ2n) is 22.7. The lowest BCUT2D eigenvalue weighted by Gasteiger charge is -2.34. The van der Waals surface area contributed by atoms with E-state index in [0.29, 0.717) is 54.6 Å². The van der Waals surface area contributed by atoms with Crippen molar-refractivity contribution in [1.82, 2.24) is 9.97 Å². The van der Waals surface area contributed by atoms with E-state index in [-0.39, 0.29) is 42.8 Å². The number of allylic oxidation sites excluding steroid dienone is 2. The molecule has 72 heavy (non-hydrogen) atoms. The number of hydrogen-bond donors (Lipinski definition) is 6. The van der Waals surface area contributed by atoms with Gasteiger partial charge in [-0.1, -0.05) is 78.7 Å². The SMILES string of the molecule is C/C1=C/C[C@@H](/C(C)=C/c2coc(CN)n2)OC(=O)C[C@H](O)C(C)(C)C(=O)[C@H](C)[C@@H](O)[C@@H](C)C2CC2C1.C/C1=C/C[C@@H](/C(C)=C/c2csc(CN)n2)OC(=O)C[C@H](O)C(C)(C)C(=O)[C@H](C)[C@@H](O)[C@@H](C)C2CC2C1. The van der Waals surface area contributed by atoms with E-state index in [1.807, 2.05) is 39.2 Å². The summed E-state index contributed by atoms with van der Waals surface area (Å²) >= 11 is 1.49. The largest absolute Gasteiger partial charge is 0.457 e. The van der Waals surface area contributed by atoms with E-state index < -0.39 is 71.2 Å². The summed E-state index contributed by atoms with van der Waals surface area (Å²) in [7, 11) is 0. The molecule has 6 rings (SSSR count). The molecule has 0 spiro atoms. The smallest absolute Gasteiger partial charge is 0.309 e. The second kappa shape index (κ2) is 24.9. The molecule has 16 heteroatoms. The Morgan fingerprint density at radius 1 is 0.681 bits per heavy atom. The van der Waals surface area contributed by atoms with Gasteiger partial charge in [0.1, 0.15) is 40.7 Å². The zero-order valence-corrected chi connectivity index (χ0v) is 45.5. The minimum atomic E-state index is -1.24. The van der Waals surface area contributed by atoms with Crippen molar-refractivity contribution >= 4 is 47.0 Å². The highest BCUT2D eigenvalue weighted by atomic mass is 32.1. The number of cyclic esters (lactones) is 2. The lowest BCUT2D eigenvalue weighted by Crippen LogP contribution is -2.46. The lowest BCUT2D eigenvalue weighted by molar-refractivity contribution is -0.155. The molecule has 2 saturated carbocycles. The van der Waals surface area contributed by atoms with E-state index in [9.17, 15) is 39.6 Å². The van der Waals surface area contributed by atoms with Crippen molar-refractivity contribution in [3.8, 4) is 0 Å². The Balaban J connectivity index is 0.000000267. The Hall–Kier alpha value is -4.16. The van der Waals surface area contributed by atoms with Gasteiger partial charge in [0.2, 0.25) is 5.89 Å². The van der Waals surface area contributed by atoms with Gasteiger partial charge < -0.3 is 45.8 Å². The molecule has 0 radical (unpaired) electrons. The minimum Gasteiger partial charge on any atom is -0.457 e. The van der Waals surface area contributed by atoms with Gasteiger partial charge in [0.25, 0.3) is 0 Å². The van der Waals surface area contributed by atoms with Crippen LogP contribution in [-0.4, -0.2) is 90.5 Å². The van der Waals surface area contributed by atoms with E-state index in [1.165, 1.54) is 28.7 Å². The van der Waals surface area contributed by atoms with Crippen molar-refractivity contribution in [2.75, 3.05) is 0 Å². The van der Waals surface area contributed by atoms with Gasteiger partial charge in [-0.3, -0.25) is 19.2 Å². The quantitative estimate of drug-likeness (QED) is 0.118. The number of fused-ring (bicyclic) bond motifs is 2. The van der Waals surface area contributed by atoms with Gasteiger partial charge in [-0.25, -0.2) is 9.97 Å². The topological polar surface area (TPSA) is 259 Å². The number of ketones is 2. The number of aliphatic hydroxyl groups excluding tert-OH is 4. The molecule has 2 aliphatic carbocycles. The zero-order chi connectivity index (χ0) is 53.6. The maximum Gasteiger partial charge on any atom is 0.309 e. The fraction of sp³-hybridized carbons (Fsp3) is 0.679. The number of thiazole rings is 1. The molecule has 0 aromatic carbocycles. The predicted octanol–water partition coefficient (Wildman–Crippen LogP) is 8.08. The number of aliphatic hydroxyl groups is 4. The summed E-state index contributed by atoms with van der Waals surface area (Å²) in [5, 5.41) is 46.5. The summed E-state index contributed by atoms with van der Waals surface area (Å²) in [5.41, 5.74) is 14.3. The fourth-order valence-corrected chi connectivity index (χ4v) is 11.3. The number of hydrogen-bond acceptors (Lipinski definition) is 16. The maximum absolute atomic E-state index is 13.3. The number of esters is 2. The number of nitrogens with two attached hydrogens (primary N) is 2. The van der Waals surface area contributed by atoms with Crippen LogP contribution in [0.4, 0.5) is 0 Å². The highest BCUT2D eigenvalue weighted by molar-refractivity contribution is 7.09. The lowest BCUT2D eigenvalue weighted by atomic mass is 9.72. The van der Waals surface area contributed by atoms with Crippen LogP contribution in [-0.2, 0) is 41.7 Å². The average molecular weight is 1020 g/mol. The van der Waals surface area contributed by atoms with Crippen LogP contribution in [0.25, 0.3) is 12.2 Å². The van der Waals surface area contributed by atoms with Crippen molar-refractivity contribution < 1.29 is 53.5 Å². The highest BCUT2D eigenvalue weighted by Gasteiger charge is 2.49. The first kappa shape index (κ1) is 58.7. The van der Waals surface area contributed by atoms with Crippen molar-refractivity contribution in [2.24, 2.45) is 69.6 Å². The van der Waals surface area contributed by atoms with Crippen LogP contribution in [0, 0.1) is 58.2 Å². The number of aromatic nitrogens is 2. The van der Waals surface area contributed by atoms with Gasteiger partial charge in [0.05, 0.1) is 60.3 Å². The monoisotopic (exact) mass is 1020 g/mol. The number of Topliss-reactive ketones (excluding diaryl/α,β-unsaturated/α-hetero) is 2. The van der Waals surface area contributed by atoms with Gasteiger partial charge in [-0.15, -0.1) is 11.3 Å². The summed E-state index contributed by atoms with van der Waals surface area (Å²) in [6.45, 7) is 22.5. The van der Waals surface area contributed by atoms with Crippen molar-refractivity contribution in [2.45, 2.75) is 184 Å². The van der Waals surface area contributed by atoms with Gasteiger partial charge in [-0.05, 0) is 112 Å². The Labute approximate surface area is 431 Å². The first-order chi connectivity index (χ1) is 33.7. The van der Waals surface area contributed by atoms with Crippen LogP contribution in [0.1, 0.15) is 157 Å². The Morgan fingerprint density at radius 2 is 1.11 bits per heavy atom. The average Bonchev–Trinajstić information content (AvgIpc) is 4.17. The summed E-state index contributed by atoms with van der Waals surface area (Å²) in [6.07, 6.45) is 8.55. The molecule has 2 fully saturated rings. The van der Waals surface area contributed by atoms with Crippen molar-refractivity contribution in [1.29, 1.82) is 0 Å². The number of carbonyl (C=O) groups excluding carboxylic acids is 4. The first-order valence-electron chi connectivity index (χ1n) is 25.9. The van der Waals surface area contributed by atoms with Crippen LogP contribution in [0.15, 0.2) is 50.5 Å². The first-order valence-corrected chi connectivity index (χ1v) is 26.7. The standard InChI is InChI=1S/C28H42N2O6.C28H42N2O5S/c1-15-7-8-22(16(2)10-20-14-35-24(13-29)30-20)36-25(32)12-23(31)28(5,6)27(34)18(4)26(33)17(3)21-11-19(21)9-15;1-15-7-8-22(16(2)10-20-14-36-24(13-29)30-20)35-25(32)12-23(31)28(5,6)27(34)18(4)26(33)17(3)21-11-19(21)9-15/h2*7,10,14,17-19,21-23,26,31,33H,8-9,11-13,29H2,1-6H3/b2*15-7-,16-10+/t2*17-,18+,19?,21?,22-,23-,26-/m00/s1. The number of rotatable bonds is 6. The Bertz CT molecular complexity index is 2180. The minimum absolute atomic E-state index is 0.0120.